The standard InChI is InChI=1S/C24H21BP2/c1-5-13-21(14-6-1)26(22-15-7-2-8-16-22)25-27(23-17-9-3-10-18-23)24-19-11-4-12-20-24/h1-20,25H. The Morgan fingerprint density at radius 3 is 0.778 bits per heavy atom. The van der Waals surface area contributed by atoms with Gasteiger partial charge in [-0.2, -0.15) is 0 Å². The minimum absolute atomic E-state index is 0.409. The van der Waals surface area contributed by atoms with Crippen LogP contribution < -0.4 is 21.2 Å². The maximum absolute atomic E-state index is 2.29. The summed E-state index contributed by atoms with van der Waals surface area (Å²) in [5.41, 5.74) is 0. The summed E-state index contributed by atoms with van der Waals surface area (Å²) in [5.74, 6) is 0. The molecular weight excluding hydrogens is 361 g/mol. The number of hydrogen-bond donors (Lipinski definition) is 0. The Hall–Kier alpha value is -2.20. The molecular formula is C24H21BP2. The van der Waals surface area contributed by atoms with Crippen molar-refractivity contribution in [2.75, 3.05) is 0 Å². The van der Waals surface area contributed by atoms with E-state index in [1.54, 1.807) is 0 Å². The topological polar surface area (TPSA) is 0 Å². The van der Waals surface area contributed by atoms with Crippen molar-refractivity contribution in [3.63, 3.8) is 0 Å². The highest BCUT2D eigenvalue weighted by molar-refractivity contribution is 8.24. The van der Waals surface area contributed by atoms with Crippen molar-refractivity contribution in [2.45, 2.75) is 0 Å². The molecule has 0 nitrogen and oxygen atoms in total. The summed E-state index contributed by atoms with van der Waals surface area (Å²) in [4.78, 5) is 0. The molecule has 4 aromatic rings. The van der Waals surface area contributed by atoms with Gasteiger partial charge >= 0.3 is 0 Å². The van der Waals surface area contributed by atoms with Crippen LogP contribution in [0.25, 0.3) is 0 Å². The largest absolute Gasteiger partial charge is 0.204 e. The fraction of sp³-hybridized carbons (Fsp3) is 0. The maximum Gasteiger partial charge on any atom is 0.204 e. The second-order valence-corrected chi connectivity index (χ2v) is 11.2. The van der Waals surface area contributed by atoms with Crippen LogP contribution in [-0.4, -0.2) is 6.72 Å². The molecule has 0 amide bonds. The highest BCUT2D eigenvalue weighted by Crippen LogP contribution is 2.45. The molecule has 4 rings (SSSR count). The molecule has 3 heteroatoms. The van der Waals surface area contributed by atoms with Gasteiger partial charge in [0.2, 0.25) is 6.72 Å². The van der Waals surface area contributed by atoms with Crippen LogP contribution in [0.1, 0.15) is 0 Å². The third-order valence-corrected chi connectivity index (χ3v) is 10.5. The van der Waals surface area contributed by atoms with Gasteiger partial charge < -0.3 is 0 Å². The summed E-state index contributed by atoms with van der Waals surface area (Å²) in [5, 5.41) is 5.83. The summed E-state index contributed by atoms with van der Waals surface area (Å²) in [6.07, 6.45) is 0. The van der Waals surface area contributed by atoms with Crippen molar-refractivity contribution in [3.8, 4) is 0 Å². The fourth-order valence-corrected chi connectivity index (χ4v) is 9.67. The van der Waals surface area contributed by atoms with Gasteiger partial charge in [0.15, 0.2) is 0 Å². The van der Waals surface area contributed by atoms with Gasteiger partial charge in [-0.05, 0) is 21.2 Å². The maximum atomic E-state index is 2.29. The molecule has 130 valence electrons. The molecule has 0 aliphatic heterocycles. The van der Waals surface area contributed by atoms with Crippen LogP contribution in [0.2, 0.25) is 0 Å². The van der Waals surface area contributed by atoms with Gasteiger partial charge in [0.05, 0.1) is 0 Å². The molecule has 0 spiro atoms. The van der Waals surface area contributed by atoms with Crippen molar-refractivity contribution >= 4 is 43.5 Å². The van der Waals surface area contributed by atoms with Gasteiger partial charge in [-0.1, -0.05) is 137 Å². The predicted molar refractivity (Wildman–Crippen MR) is 125 cm³/mol. The Morgan fingerprint density at radius 2 is 0.556 bits per heavy atom. The average Bonchev–Trinajstić information content (AvgIpc) is 2.77. The lowest BCUT2D eigenvalue weighted by molar-refractivity contribution is 1.76. The van der Waals surface area contributed by atoms with Gasteiger partial charge in [-0.25, -0.2) is 0 Å². The minimum atomic E-state index is -0.409. The molecule has 0 aliphatic rings. The van der Waals surface area contributed by atoms with Gasteiger partial charge in [0, 0.05) is 0 Å². The van der Waals surface area contributed by atoms with Crippen LogP contribution >= 0.6 is 15.6 Å². The van der Waals surface area contributed by atoms with E-state index in [1.807, 2.05) is 0 Å². The van der Waals surface area contributed by atoms with Gasteiger partial charge in [-0.3, -0.25) is 0 Å². The zero-order valence-electron chi connectivity index (χ0n) is 15.1. The summed E-state index contributed by atoms with van der Waals surface area (Å²) in [7, 11) is -0.817. The van der Waals surface area contributed by atoms with E-state index in [-0.39, 0.29) is 0 Å². The molecule has 0 bridgehead atoms. The second kappa shape index (κ2) is 9.14. The molecule has 0 fully saturated rings. The Balaban J connectivity index is 1.77. The van der Waals surface area contributed by atoms with E-state index in [0.717, 1.165) is 0 Å². The van der Waals surface area contributed by atoms with Crippen LogP contribution in [0.15, 0.2) is 121 Å². The van der Waals surface area contributed by atoms with Gasteiger partial charge in [0.25, 0.3) is 0 Å². The van der Waals surface area contributed by atoms with E-state index in [1.165, 1.54) is 27.9 Å². The summed E-state index contributed by atoms with van der Waals surface area (Å²) in [6, 6.07) is 44.1. The molecule has 4 aromatic carbocycles. The molecule has 0 N–H and O–H groups in total. The minimum Gasteiger partial charge on any atom is -0.0768 e. The number of benzene rings is 4. The Bertz CT molecular complexity index is 785. The Labute approximate surface area is 165 Å². The SMILES string of the molecule is B(P(c1ccccc1)c1ccccc1)P(c1ccccc1)c1ccccc1. The van der Waals surface area contributed by atoms with Crippen LogP contribution in [0.3, 0.4) is 0 Å². The van der Waals surface area contributed by atoms with E-state index < -0.39 is 15.6 Å². The highest BCUT2D eigenvalue weighted by Gasteiger charge is 2.23. The van der Waals surface area contributed by atoms with Crippen molar-refractivity contribution in [3.05, 3.63) is 121 Å². The molecule has 0 saturated heterocycles. The molecule has 0 aliphatic carbocycles. The smallest absolute Gasteiger partial charge is 0.0768 e. The highest BCUT2D eigenvalue weighted by atomic mass is 31.2. The van der Waals surface area contributed by atoms with Crippen LogP contribution in [0.4, 0.5) is 0 Å². The lowest BCUT2D eigenvalue weighted by Gasteiger charge is -2.25. The van der Waals surface area contributed by atoms with E-state index >= 15 is 0 Å². The molecule has 0 radical (unpaired) electrons. The first-order valence-electron chi connectivity index (χ1n) is 9.17. The van der Waals surface area contributed by atoms with E-state index in [0.29, 0.717) is 0 Å². The zero-order valence-corrected chi connectivity index (χ0v) is 16.9. The van der Waals surface area contributed by atoms with Crippen LogP contribution in [0, 0.1) is 0 Å². The molecule has 27 heavy (non-hydrogen) atoms. The fourth-order valence-electron chi connectivity index (χ4n) is 3.20. The van der Waals surface area contributed by atoms with E-state index in [9.17, 15) is 0 Å². The van der Waals surface area contributed by atoms with Crippen LogP contribution in [0.5, 0.6) is 0 Å². The summed E-state index contributed by atoms with van der Waals surface area (Å²) >= 11 is 0. The molecule has 0 saturated carbocycles. The van der Waals surface area contributed by atoms with Gasteiger partial charge in [0.1, 0.15) is 0 Å². The number of hydrogen-bond acceptors (Lipinski definition) is 0. The van der Waals surface area contributed by atoms with Gasteiger partial charge in [-0.15, -0.1) is 0 Å². The Morgan fingerprint density at radius 1 is 0.333 bits per heavy atom. The van der Waals surface area contributed by atoms with Crippen molar-refractivity contribution in [2.24, 2.45) is 0 Å². The molecule has 0 heterocycles. The van der Waals surface area contributed by atoms with Crippen LogP contribution in [-0.2, 0) is 0 Å². The lowest BCUT2D eigenvalue weighted by atomic mass is 10.4. The number of rotatable bonds is 6. The van der Waals surface area contributed by atoms with Crippen molar-refractivity contribution in [1.82, 2.24) is 0 Å². The molecule has 0 aromatic heterocycles. The molecule has 0 atom stereocenters. The van der Waals surface area contributed by atoms with Crippen molar-refractivity contribution < 1.29 is 0 Å². The lowest BCUT2D eigenvalue weighted by Crippen LogP contribution is -2.21. The second-order valence-electron chi connectivity index (χ2n) is 6.34. The zero-order chi connectivity index (χ0) is 18.3. The first-order chi connectivity index (χ1) is 13.4. The predicted octanol–water partition coefficient (Wildman–Crippen LogP) is 4.52. The first-order valence-corrected chi connectivity index (χ1v) is 12.2. The monoisotopic (exact) mass is 382 g/mol. The quantitative estimate of drug-likeness (QED) is 0.340. The van der Waals surface area contributed by atoms with E-state index in [4.69, 9.17) is 0 Å². The normalized spacial score (nSPS) is 10.9. The third-order valence-electron chi connectivity index (χ3n) is 4.55. The summed E-state index contributed by atoms with van der Waals surface area (Å²) < 4.78 is 0. The summed E-state index contributed by atoms with van der Waals surface area (Å²) in [6.45, 7) is 1.17. The third kappa shape index (κ3) is 4.56. The molecule has 0 unspecified atom stereocenters. The van der Waals surface area contributed by atoms with E-state index in [2.05, 4.69) is 121 Å². The average molecular weight is 382 g/mol. The van der Waals surface area contributed by atoms with Crippen molar-refractivity contribution in [1.29, 1.82) is 0 Å². The first kappa shape index (κ1) is 18.2. The Kier molecular flexibility index (Phi) is 6.15.